The van der Waals surface area contributed by atoms with Crippen LogP contribution in [0, 0.1) is 0 Å². The van der Waals surface area contributed by atoms with Gasteiger partial charge in [0, 0.05) is 0 Å². The highest BCUT2D eigenvalue weighted by molar-refractivity contribution is 6.33. The van der Waals surface area contributed by atoms with Crippen molar-refractivity contribution in [3.63, 3.8) is 0 Å². The second-order valence-corrected chi connectivity index (χ2v) is 18.4. The normalized spacial score (nSPS) is 15.2. The smallest absolute Gasteiger partial charge is 0.00137 e. The molecule has 0 saturated heterocycles. The van der Waals surface area contributed by atoms with Gasteiger partial charge in [-0.15, -0.1) is 0 Å². The molecule has 0 nitrogen and oxygen atoms in total. The SMILES string of the molecule is CC1=C(c2ccc(C3=CCC4=C5C(=CCC=c6c5c3c3ccc5c7c(ccc6c37)-c3c(-c6ccccc6)cccc3-5)c3c(-c5ccccc5)ccc(-c5ccccc5)c34)cc2)C=CCC=C1. The van der Waals surface area contributed by atoms with E-state index >= 15 is 0 Å². The summed E-state index contributed by atoms with van der Waals surface area (Å²) in [5.41, 5.74) is 29.1. The minimum Gasteiger partial charge on any atom is -0.0805 e. The predicted molar refractivity (Wildman–Crippen MR) is 281 cm³/mol. The summed E-state index contributed by atoms with van der Waals surface area (Å²) in [4.78, 5) is 0. The summed E-state index contributed by atoms with van der Waals surface area (Å²) < 4.78 is 0. The van der Waals surface area contributed by atoms with Crippen molar-refractivity contribution in [1.29, 1.82) is 0 Å². The quantitative estimate of drug-likeness (QED) is 0.162. The summed E-state index contributed by atoms with van der Waals surface area (Å²) in [5.74, 6) is 0. The zero-order chi connectivity index (χ0) is 43.5. The third-order valence-corrected chi connectivity index (χ3v) is 15.0. The van der Waals surface area contributed by atoms with E-state index in [1.165, 1.54) is 149 Å². The first-order valence-electron chi connectivity index (χ1n) is 23.5. The maximum Gasteiger partial charge on any atom is -0.00137 e. The van der Waals surface area contributed by atoms with Crippen LogP contribution in [0.4, 0.5) is 0 Å². The maximum absolute atomic E-state index is 2.58. The molecule has 0 bridgehead atoms. The summed E-state index contributed by atoms with van der Waals surface area (Å²) in [5, 5.41) is 6.78. The van der Waals surface area contributed by atoms with E-state index in [9.17, 15) is 0 Å². The molecule has 0 spiro atoms. The molecule has 0 heteroatoms. The van der Waals surface area contributed by atoms with Gasteiger partial charge in [-0.25, -0.2) is 0 Å². The van der Waals surface area contributed by atoms with E-state index in [1.54, 1.807) is 0 Å². The molecular weight excluding hydrogens is 793 g/mol. The van der Waals surface area contributed by atoms with Gasteiger partial charge in [-0.2, -0.15) is 0 Å². The van der Waals surface area contributed by atoms with Gasteiger partial charge in [0.05, 0.1) is 0 Å². The summed E-state index contributed by atoms with van der Waals surface area (Å²) in [6, 6.07) is 64.0. The molecule has 5 aliphatic carbocycles. The standard InChI is InChI=1S/C66H44/c1-40-16-6-2-13-23-46(40)44-28-30-45(31-29-44)50-34-37-57-61-49(43-21-11-5-12-22-43)33-32-48(42-19-9-4-10-20-42)60(61)55-27-15-26-52-54-35-38-56-59-47(41-17-7-3-8-18-41)24-14-25-51(59)53-36-39-58(64(54)63(53)56)62(50)66(52)65(55)57/h3-14,16-36,38-39H,2,15,37H2,1H3. The molecule has 14 rings (SSSR count). The van der Waals surface area contributed by atoms with Gasteiger partial charge in [-0.3, -0.25) is 0 Å². The minimum absolute atomic E-state index is 0.821. The lowest BCUT2D eigenvalue weighted by Gasteiger charge is -2.22. The first-order chi connectivity index (χ1) is 32.7. The summed E-state index contributed by atoms with van der Waals surface area (Å²) >= 11 is 0. The highest BCUT2D eigenvalue weighted by Crippen LogP contribution is 2.59. The molecular formula is C66H44. The number of benzene rings is 9. The molecule has 0 aromatic heterocycles. The first-order valence-corrected chi connectivity index (χ1v) is 23.5. The Morgan fingerprint density at radius 1 is 0.348 bits per heavy atom. The van der Waals surface area contributed by atoms with Gasteiger partial charge in [0.1, 0.15) is 0 Å². The van der Waals surface area contributed by atoms with Crippen molar-refractivity contribution >= 4 is 55.5 Å². The largest absolute Gasteiger partial charge is 0.0805 e. The van der Waals surface area contributed by atoms with Gasteiger partial charge in [-0.1, -0.05) is 212 Å². The van der Waals surface area contributed by atoms with Crippen LogP contribution in [0.5, 0.6) is 0 Å². The fourth-order valence-corrected chi connectivity index (χ4v) is 12.2. The van der Waals surface area contributed by atoms with Crippen LogP contribution in [-0.2, 0) is 0 Å². The van der Waals surface area contributed by atoms with Gasteiger partial charge in [0.15, 0.2) is 0 Å². The maximum atomic E-state index is 2.58. The zero-order valence-corrected chi connectivity index (χ0v) is 36.8. The van der Waals surface area contributed by atoms with Crippen molar-refractivity contribution in [2.45, 2.75) is 26.2 Å². The fourth-order valence-electron chi connectivity index (χ4n) is 12.2. The van der Waals surface area contributed by atoms with Crippen molar-refractivity contribution < 1.29 is 0 Å². The first kappa shape index (κ1) is 37.3. The molecule has 308 valence electrons. The average molecular weight is 837 g/mol. The van der Waals surface area contributed by atoms with E-state index < -0.39 is 0 Å². The summed E-state index contributed by atoms with van der Waals surface area (Å²) in [6.07, 6.45) is 19.4. The van der Waals surface area contributed by atoms with Crippen molar-refractivity contribution in [2.24, 2.45) is 0 Å². The molecule has 66 heavy (non-hydrogen) atoms. The van der Waals surface area contributed by atoms with E-state index in [2.05, 4.69) is 219 Å². The van der Waals surface area contributed by atoms with Crippen molar-refractivity contribution in [3.8, 4) is 55.6 Å². The lowest BCUT2D eigenvalue weighted by Crippen LogP contribution is -2.14. The topological polar surface area (TPSA) is 0 Å². The summed E-state index contributed by atoms with van der Waals surface area (Å²) in [7, 11) is 0. The predicted octanol–water partition coefficient (Wildman–Crippen LogP) is 17.0. The van der Waals surface area contributed by atoms with Crippen LogP contribution in [0.3, 0.4) is 0 Å². The Labute approximate surface area is 385 Å². The van der Waals surface area contributed by atoms with E-state index in [-0.39, 0.29) is 0 Å². The Morgan fingerprint density at radius 2 is 0.955 bits per heavy atom. The Hall–Kier alpha value is -8.06. The molecule has 9 aromatic carbocycles. The second-order valence-electron chi connectivity index (χ2n) is 18.4. The number of fused-ring (bicyclic) bond motifs is 8. The van der Waals surface area contributed by atoms with Crippen LogP contribution in [0.1, 0.15) is 59.6 Å². The molecule has 9 aromatic rings. The molecule has 0 fully saturated rings. The van der Waals surface area contributed by atoms with E-state index in [1.807, 2.05) is 0 Å². The Morgan fingerprint density at radius 3 is 1.68 bits per heavy atom. The van der Waals surface area contributed by atoms with E-state index in [0.717, 1.165) is 19.3 Å². The van der Waals surface area contributed by atoms with Crippen molar-refractivity contribution in [2.75, 3.05) is 0 Å². The molecule has 0 N–H and O–H groups in total. The molecule has 0 atom stereocenters. The Kier molecular flexibility index (Phi) is 8.19. The average Bonchev–Trinajstić information content (AvgIpc) is 3.57. The second kappa shape index (κ2) is 14.5. The Balaban J connectivity index is 1.08. The lowest BCUT2D eigenvalue weighted by molar-refractivity contribution is 1.40. The number of hydrogen-bond donors (Lipinski definition) is 0. The minimum atomic E-state index is 0.821. The summed E-state index contributed by atoms with van der Waals surface area (Å²) in [6.45, 7) is 2.23. The van der Waals surface area contributed by atoms with Crippen LogP contribution in [0.15, 0.2) is 212 Å². The van der Waals surface area contributed by atoms with Crippen LogP contribution in [0.2, 0.25) is 0 Å². The van der Waals surface area contributed by atoms with Crippen molar-refractivity contribution in [1.82, 2.24) is 0 Å². The van der Waals surface area contributed by atoms with Crippen LogP contribution < -0.4 is 5.22 Å². The van der Waals surface area contributed by atoms with E-state index in [4.69, 9.17) is 0 Å². The fraction of sp³-hybridized carbons (Fsp3) is 0.0606. The van der Waals surface area contributed by atoms with Crippen molar-refractivity contribution in [3.05, 3.63) is 250 Å². The molecule has 0 heterocycles. The Bertz CT molecular complexity index is 3830. The van der Waals surface area contributed by atoms with E-state index in [0.29, 0.717) is 0 Å². The van der Waals surface area contributed by atoms with Crippen LogP contribution in [0.25, 0.3) is 111 Å². The number of rotatable bonds is 5. The lowest BCUT2D eigenvalue weighted by atomic mass is 9.80. The van der Waals surface area contributed by atoms with Gasteiger partial charge in [0.25, 0.3) is 0 Å². The zero-order valence-electron chi connectivity index (χ0n) is 36.8. The monoisotopic (exact) mass is 836 g/mol. The molecule has 0 amide bonds. The molecule has 0 aliphatic heterocycles. The van der Waals surface area contributed by atoms with Gasteiger partial charge < -0.3 is 0 Å². The van der Waals surface area contributed by atoms with Gasteiger partial charge in [-0.05, 0) is 175 Å². The van der Waals surface area contributed by atoms with Crippen LogP contribution >= 0.6 is 0 Å². The molecule has 0 radical (unpaired) electrons. The molecule has 5 aliphatic rings. The highest BCUT2D eigenvalue weighted by Gasteiger charge is 2.38. The van der Waals surface area contributed by atoms with Gasteiger partial charge >= 0.3 is 0 Å². The molecule has 0 unspecified atom stereocenters. The number of hydrogen-bond acceptors (Lipinski definition) is 0. The third-order valence-electron chi connectivity index (χ3n) is 15.0. The number of allylic oxidation sites excluding steroid dienone is 11. The highest BCUT2D eigenvalue weighted by atomic mass is 14.4. The molecule has 0 saturated carbocycles. The van der Waals surface area contributed by atoms with Gasteiger partial charge in [0.2, 0.25) is 0 Å². The third kappa shape index (κ3) is 5.33. The van der Waals surface area contributed by atoms with Crippen LogP contribution in [-0.4, -0.2) is 0 Å².